The molecule has 9 heteroatoms. The van der Waals surface area contributed by atoms with Crippen LogP contribution in [0.3, 0.4) is 0 Å². The van der Waals surface area contributed by atoms with Crippen LogP contribution in [0.1, 0.15) is 10.6 Å². The van der Waals surface area contributed by atoms with Gasteiger partial charge in [0.1, 0.15) is 11.5 Å². The first-order chi connectivity index (χ1) is 12.5. The maximum absolute atomic E-state index is 11.7. The number of non-ortho nitro benzene ring substituents is 1. The largest absolute Gasteiger partial charge is 0.455 e. The van der Waals surface area contributed by atoms with Crippen molar-refractivity contribution in [2.75, 3.05) is 0 Å². The van der Waals surface area contributed by atoms with Crippen LogP contribution in [0.25, 0.3) is 11.3 Å². The summed E-state index contributed by atoms with van der Waals surface area (Å²) in [6.07, 6.45) is 1.67. The smallest absolute Gasteiger partial charge is 0.270 e. The first kappa shape index (κ1) is 18.0. The number of nitrogens with one attached hydrogen (secondary N) is 1. The zero-order chi connectivity index (χ0) is 18.5. The fraction of sp³-hybridized carbons (Fsp3) is 0.0588. The fourth-order valence-corrected chi connectivity index (χ4v) is 3.43. The Bertz CT molecular complexity index is 966. The summed E-state index contributed by atoms with van der Waals surface area (Å²) >= 11 is 4.82. The third kappa shape index (κ3) is 4.44. The van der Waals surface area contributed by atoms with Crippen molar-refractivity contribution in [3.8, 4) is 11.3 Å². The van der Waals surface area contributed by atoms with E-state index < -0.39 is 4.92 Å². The third-order valence-corrected chi connectivity index (χ3v) is 4.88. The van der Waals surface area contributed by atoms with E-state index in [0.717, 1.165) is 4.88 Å². The number of nitro groups is 1. The van der Waals surface area contributed by atoms with Crippen molar-refractivity contribution in [3.05, 3.63) is 73.1 Å². The molecule has 132 valence electrons. The summed E-state index contributed by atoms with van der Waals surface area (Å²) < 4.78 is 6.19. The van der Waals surface area contributed by atoms with Gasteiger partial charge in [-0.1, -0.05) is 6.07 Å². The molecule has 0 radical (unpaired) electrons. The van der Waals surface area contributed by atoms with E-state index in [1.54, 1.807) is 18.2 Å². The Kier molecular flexibility index (Phi) is 5.59. The zero-order valence-corrected chi connectivity index (χ0v) is 15.6. The van der Waals surface area contributed by atoms with Crippen molar-refractivity contribution in [1.82, 2.24) is 5.43 Å². The molecule has 3 rings (SSSR count). The Hall–Kier alpha value is -2.78. The molecule has 1 aromatic carbocycles. The highest BCUT2D eigenvalue weighted by Gasteiger charge is 2.13. The van der Waals surface area contributed by atoms with Crippen LogP contribution in [0.5, 0.6) is 0 Å². The minimum absolute atomic E-state index is 0.0116. The molecule has 0 aliphatic rings. The van der Waals surface area contributed by atoms with Crippen LogP contribution >= 0.6 is 27.3 Å². The van der Waals surface area contributed by atoms with Gasteiger partial charge in [0.05, 0.1) is 17.6 Å². The summed E-state index contributed by atoms with van der Waals surface area (Å²) in [5.41, 5.74) is 3.11. The number of rotatable bonds is 6. The number of furan rings is 1. The molecule has 26 heavy (non-hydrogen) atoms. The molecular formula is C17H12BrN3O4S. The topological polar surface area (TPSA) is 97.7 Å². The summed E-state index contributed by atoms with van der Waals surface area (Å²) in [5.74, 6) is 0.758. The molecule has 0 aliphatic heterocycles. The monoisotopic (exact) mass is 433 g/mol. The lowest BCUT2D eigenvalue weighted by molar-refractivity contribution is -0.384. The number of carbonyl (C=O) groups excluding carboxylic acids is 1. The van der Waals surface area contributed by atoms with Crippen molar-refractivity contribution in [2.24, 2.45) is 5.10 Å². The maximum Gasteiger partial charge on any atom is 0.270 e. The van der Waals surface area contributed by atoms with Crippen molar-refractivity contribution >= 4 is 45.1 Å². The number of halogens is 1. The van der Waals surface area contributed by atoms with Gasteiger partial charge in [-0.05, 0) is 45.6 Å². The molecular weight excluding hydrogens is 422 g/mol. The lowest BCUT2D eigenvalue weighted by atomic mass is 10.1. The van der Waals surface area contributed by atoms with Crippen molar-refractivity contribution < 1.29 is 14.1 Å². The second kappa shape index (κ2) is 8.07. The van der Waals surface area contributed by atoms with Crippen molar-refractivity contribution in [3.63, 3.8) is 0 Å². The second-order valence-electron chi connectivity index (χ2n) is 5.17. The molecule has 0 spiro atoms. The van der Waals surface area contributed by atoms with Gasteiger partial charge in [-0.2, -0.15) is 5.10 Å². The molecule has 2 aromatic heterocycles. The zero-order valence-electron chi connectivity index (χ0n) is 13.2. The van der Waals surface area contributed by atoms with Gasteiger partial charge in [0.25, 0.3) is 5.69 Å². The van der Waals surface area contributed by atoms with Crippen molar-refractivity contribution in [2.45, 2.75) is 6.42 Å². The normalized spacial score (nSPS) is 11.0. The van der Waals surface area contributed by atoms with E-state index in [2.05, 4.69) is 26.5 Å². The predicted molar refractivity (Wildman–Crippen MR) is 102 cm³/mol. The molecule has 7 nitrogen and oxygen atoms in total. The van der Waals surface area contributed by atoms with Gasteiger partial charge < -0.3 is 4.42 Å². The Balaban J connectivity index is 1.64. The lowest BCUT2D eigenvalue weighted by Crippen LogP contribution is -2.19. The second-order valence-corrected chi connectivity index (χ2v) is 7.06. The van der Waals surface area contributed by atoms with E-state index in [4.69, 9.17) is 4.42 Å². The highest BCUT2D eigenvalue weighted by molar-refractivity contribution is 9.10. The summed E-state index contributed by atoms with van der Waals surface area (Å²) in [6, 6.07) is 11.6. The number of hydrogen-bond donors (Lipinski definition) is 1. The van der Waals surface area contributed by atoms with Gasteiger partial charge in [0.15, 0.2) is 0 Å². The highest BCUT2D eigenvalue weighted by Crippen LogP contribution is 2.32. The molecule has 0 atom stereocenters. The number of hydrogen-bond acceptors (Lipinski definition) is 6. The summed E-state index contributed by atoms with van der Waals surface area (Å²) in [5, 5.41) is 16.6. The Morgan fingerprint density at radius 3 is 2.88 bits per heavy atom. The molecule has 0 unspecified atom stereocenters. The molecule has 3 aromatic rings. The number of nitrogens with zero attached hydrogens (tertiary/aromatic N) is 2. The molecule has 0 saturated carbocycles. The number of benzene rings is 1. The van der Waals surface area contributed by atoms with Gasteiger partial charge in [-0.25, -0.2) is 5.43 Å². The average Bonchev–Trinajstić information content (AvgIpc) is 3.26. The van der Waals surface area contributed by atoms with Gasteiger partial charge in [-0.15, -0.1) is 11.3 Å². The molecule has 0 fully saturated rings. The summed E-state index contributed by atoms with van der Waals surface area (Å²) in [4.78, 5) is 23.0. The minimum atomic E-state index is -0.465. The molecule has 1 N–H and O–H groups in total. The SMILES string of the molecule is O=C(Cc1cccs1)N/N=C\c1ccc(-c2ccc([N+](=O)[O-])cc2Br)o1. The van der Waals surface area contributed by atoms with Crippen LogP contribution in [0.2, 0.25) is 0 Å². The van der Waals surface area contributed by atoms with Gasteiger partial charge in [0, 0.05) is 27.0 Å². The lowest BCUT2D eigenvalue weighted by Gasteiger charge is -2.00. The van der Waals surface area contributed by atoms with Crippen LogP contribution in [0, 0.1) is 10.1 Å². The highest BCUT2D eigenvalue weighted by atomic mass is 79.9. The maximum atomic E-state index is 11.7. The Morgan fingerprint density at radius 1 is 1.35 bits per heavy atom. The van der Waals surface area contributed by atoms with Gasteiger partial charge >= 0.3 is 0 Å². The van der Waals surface area contributed by atoms with Crippen molar-refractivity contribution in [1.29, 1.82) is 0 Å². The van der Waals surface area contributed by atoms with Crippen LogP contribution < -0.4 is 5.43 Å². The van der Waals surface area contributed by atoms with Crippen LogP contribution in [-0.4, -0.2) is 17.0 Å². The summed E-state index contributed by atoms with van der Waals surface area (Å²) in [6.45, 7) is 0. The van der Waals surface area contributed by atoms with E-state index in [9.17, 15) is 14.9 Å². The van der Waals surface area contributed by atoms with E-state index in [1.807, 2.05) is 17.5 Å². The third-order valence-electron chi connectivity index (χ3n) is 3.35. The summed E-state index contributed by atoms with van der Waals surface area (Å²) in [7, 11) is 0. The van der Waals surface area contributed by atoms with E-state index in [-0.39, 0.29) is 18.0 Å². The van der Waals surface area contributed by atoms with E-state index in [1.165, 1.54) is 29.7 Å². The number of amides is 1. The molecule has 1 amide bonds. The molecule has 0 saturated heterocycles. The average molecular weight is 434 g/mol. The van der Waals surface area contributed by atoms with E-state index >= 15 is 0 Å². The number of nitro benzene ring substituents is 1. The molecule has 0 bridgehead atoms. The fourth-order valence-electron chi connectivity index (χ4n) is 2.16. The number of hydrazone groups is 1. The number of thiophene rings is 1. The molecule has 2 heterocycles. The van der Waals surface area contributed by atoms with Gasteiger partial charge in [0.2, 0.25) is 5.91 Å². The predicted octanol–water partition coefficient (Wildman–Crippen LogP) is 4.37. The van der Waals surface area contributed by atoms with Crippen LogP contribution in [-0.2, 0) is 11.2 Å². The standard InChI is InChI=1S/C17H12BrN3O4S/c18-15-8-11(21(23)24)3-5-14(15)16-6-4-12(25-16)10-19-20-17(22)9-13-2-1-7-26-13/h1-8,10H,9H2,(H,20,22)/b19-10-. The van der Waals surface area contributed by atoms with Crippen LogP contribution in [0.4, 0.5) is 5.69 Å². The number of carbonyl (C=O) groups is 1. The van der Waals surface area contributed by atoms with E-state index in [0.29, 0.717) is 21.6 Å². The molecule has 0 aliphatic carbocycles. The minimum Gasteiger partial charge on any atom is -0.455 e. The Morgan fingerprint density at radius 2 is 2.19 bits per heavy atom. The Labute approximate surface area is 160 Å². The van der Waals surface area contributed by atoms with Gasteiger partial charge in [-0.3, -0.25) is 14.9 Å². The van der Waals surface area contributed by atoms with Crippen LogP contribution in [0.15, 0.2) is 61.8 Å². The quantitative estimate of drug-likeness (QED) is 0.354. The first-order valence-corrected chi connectivity index (χ1v) is 9.08. The first-order valence-electron chi connectivity index (χ1n) is 7.41.